The van der Waals surface area contributed by atoms with E-state index in [-0.39, 0.29) is 11.9 Å². The van der Waals surface area contributed by atoms with Crippen LogP contribution in [0.5, 0.6) is 0 Å². The maximum Gasteiger partial charge on any atom is 0.337 e. The van der Waals surface area contributed by atoms with Crippen molar-refractivity contribution in [3.63, 3.8) is 0 Å². The van der Waals surface area contributed by atoms with Crippen molar-refractivity contribution in [2.24, 2.45) is 5.41 Å². The number of aromatic nitrogens is 2. The minimum Gasteiger partial charge on any atom is -0.465 e. The number of rotatable bonds is 5. The van der Waals surface area contributed by atoms with Crippen molar-refractivity contribution in [2.45, 2.75) is 32.2 Å². The normalized spacial score (nSPS) is 20.2. The fourth-order valence-corrected chi connectivity index (χ4v) is 5.19. The van der Waals surface area contributed by atoms with Crippen LogP contribution in [-0.4, -0.2) is 48.8 Å². The van der Waals surface area contributed by atoms with Crippen molar-refractivity contribution in [1.82, 2.24) is 9.55 Å². The number of methoxy groups -OCH3 is 2. The summed E-state index contributed by atoms with van der Waals surface area (Å²) in [4.78, 5) is 32.5. The van der Waals surface area contributed by atoms with Gasteiger partial charge in [-0.3, -0.25) is 9.69 Å². The molecule has 1 aliphatic heterocycles. The largest absolute Gasteiger partial charge is 0.465 e. The summed E-state index contributed by atoms with van der Waals surface area (Å²) >= 11 is 0. The zero-order valence-corrected chi connectivity index (χ0v) is 18.5. The van der Waals surface area contributed by atoms with Gasteiger partial charge in [0.1, 0.15) is 0 Å². The molecule has 2 aromatic carbocycles. The molecule has 0 radical (unpaired) electrons. The van der Waals surface area contributed by atoms with Crippen LogP contribution in [0.2, 0.25) is 0 Å². The van der Waals surface area contributed by atoms with E-state index >= 15 is 0 Å². The van der Waals surface area contributed by atoms with Gasteiger partial charge >= 0.3 is 5.97 Å². The monoisotopic (exact) mass is 433 g/mol. The fourth-order valence-electron chi connectivity index (χ4n) is 5.19. The number of amides is 1. The predicted molar refractivity (Wildman–Crippen MR) is 121 cm³/mol. The number of benzene rings is 2. The number of aryl methyl sites for hydroxylation is 1. The highest BCUT2D eigenvalue weighted by molar-refractivity contribution is 6.00. The Morgan fingerprint density at radius 3 is 2.78 bits per heavy atom. The van der Waals surface area contributed by atoms with Gasteiger partial charge in [-0.05, 0) is 61.1 Å². The molecule has 32 heavy (non-hydrogen) atoms. The van der Waals surface area contributed by atoms with Crippen LogP contribution in [0, 0.1) is 5.41 Å². The van der Waals surface area contributed by atoms with Gasteiger partial charge in [0.05, 0.1) is 35.7 Å². The molecule has 1 aromatic heterocycles. The summed E-state index contributed by atoms with van der Waals surface area (Å²) in [5.41, 5.74) is 4.25. The van der Waals surface area contributed by atoms with Crippen molar-refractivity contribution < 1.29 is 19.1 Å². The van der Waals surface area contributed by atoms with Gasteiger partial charge in [-0.15, -0.1) is 0 Å². The number of para-hydroxylation sites is 2. The number of ether oxygens (including phenoxy) is 2. The molecule has 166 valence electrons. The van der Waals surface area contributed by atoms with Crippen LogP contribution in [0.4, 0.5) is 5.95 Å². The smallest absolute Gasteiger partial charge is 0.337 e. The molecule has 7 nitrogen and oxygen atoms in total. The highest BCUT2D eigenvalue weighted by Gasteiger charge is 2.49. The van der Waals surface area contributed by atoms with Gasteiger partial charge in [0, 0.05) is 20.2 Å². The Morgan fingerprint density at radius 2 is 1.97 bits per heavy atom. The van der Waals surface area contributed by atoms with Gasteiger partial charge in [-0.2, -0.15) is 0 Å². The summed E-state index contributed by atoms with van der Waals surface area (Å²) in [6.07, 6.45) is 3.06. The van der Waals surface area contributed by atoms with Crippen LogP contribution in [0.3, 0.4) is 0 Å². The quantitative estimate of drug-likeness (QED) is 0.577. The van der Waals surface area contributed by atoms with E-state index in [1.807, 2.05) is 47.4 Å². The van der Waals surface area contributed by atoms with Crippen molar-refractivity contribution in [3.8, 4) is 0 Å². The number of anilines is 1. The average molecular weight is 434 g/mol. The summed E-state index contributed by atoms with van der Waals surface area (Å²) < 4.78 is 12.3. The first-order chi connectivity index (χ1) is 15.6. The van der Waals surface area contributed by atoms with Gasteiger partial charge in [-0.25, -0.2) is 9.78 Å². The van der Waals surface area contributed by atoms with E-state index in [2.05, 4.69) is 4.57 Å². The minimum absolute atomic E-state index is 0.126. The van der Waals surface area contributed by atoms with Gasteiger partial charge < -0.3 is 14.0 Å². The lowest BCUT2D eigenvalue weighted by atomic mass is 9.70. The van der Waals surface area contributed by atoms with E-state index in [1.54, 1.807) is 7.11 Å². The predicted octanol–water partition coefficient (Wildman–Crippen LogP) is 3.38. The first kappa shape index (κ1) is 20.7. The highest BCUT2D eigenvalue weighted by atomic mass is 16.5. The van der Waals surface area contributed by atoms with Crippen LogP contribution in [0.1, 0.15) is 34.3 Å². The first-order valence-corrected chi connectivity index (χ1v) is 11.0. The van der Waals surface area contributed by atoms with E-state index in [4.69, 9.17) is 14.5 Å². The van der Waals surface area contributed by atoms with Crippen molar-refractivity contribution in [3.05, 3.63) is 59.2 Å². The Labute approximate surface area is 186 Å². The molecule has 1 fully saturated rings. The molecule has 2 aliphatic rings. The fraction of sp³-hybridized carbons (Fsp3) is 0.400. The summed E-state index contributed by atoms with van der Waals surface area (Å²) in [6, 6.07) is 13.7. The van der Waals surface area contributed by atoms with Crippen molar-refractivity contribution in [2.75, 3.05) is 32.3 Å². The number of carbonyl (C=O) groups is 2. The van der Waals surface area contributed by atoms with Gasteiger partial charge in [0.25, 0.3) is 0 Å². The molecular weight excluding hydrogens is 406 g/mol. The molecule has 1 aliphatic carbocycles. The molecule has 1 atom stereocenters. The second-order valence-corrected chi connectivity index (χ2v) is 8.68. The molecule has 1 saturated heterocycles. The van der Waals surface area contributed by atoms with Crippen LogP contribution in [0.15, 0.2) is 42.5 Å². The molecule has 0 saturated carbocycles. The Bertz CT molecular complexity index is 1200. The number of imidazole rings is 1. The molecule has 7 heteroatoms. The van der Waals surface area contributed by atoms with E-state index in [1.165, 1.54) is 12.7 Å². The molecule has 1 spiro atoms. The lowest BCUT2D eigenvalue weighted by molar-refractivity contribution is -0.126. The zero-order chi connectivity index (χ0) is 22.3. The Hall–Kier alpha value is -3.19. The lowest BCUT2D eigenvalue weighted by Gasteiger charge is -2.33. The SMILES string of the molecule is COCCn1c(N2CCC3(CCc4ccc(C(=O)OC)cc4C3)C2=O)nc2ccccc21. The first-order valence-electron chi connectivity index (χ1n) is 11.0. The number of fused-ring (bicyclic) bond motifs is 2. The third kappa shape index (κ3) is 3.28. The van der Waals surface area contributed by atoms with Crippen LogP contribution >= 0.6 is 0 Å². The summed E-state index contributed by atoms with van der Waals surface area (Å²) in [5.74, 6) is 0.471. The molecule has 0 N–H and O–H groups in total. The Morgan fingerprint density at radius 1 is 1.12 bits per heavy atom. The maximum atomic E-state index is 13.8. The number of carbonyl (C=O) groups excluding carboxylic acids is 2. The Kier molecular flexibility index (Phi) is 5.21. The summed E-state index contributed by atoms with van der Waals surface area (Å²) in [7, 11) is 3.06. The molecule has 2 heterocycles. The van der Waals surface area contributed by atoms with Crippen molar-refractivity contribution >= 4 is 28.9 Å². The molecule has 3 aromatic rings. The van der Waals surface area contributed by atoms with Gasteiger partial charge in [-0.1, -0.05) is 18.2 Å². The molecule has 1 amide bonds. The summed E-state index contributed by atoms with van der Waals surface area (Å²) in [6.45, 7) is 1.82. The van der Waals surface area contributed by atoms with E-state index in [0.717, 1.165) is 35.9 Å². The van der Waals surface area contributed by atoms with Crippen LogP contribution in [0.25, 0.3) is 11.0 Å². The van der Waals surface area contributed by atoms with E-state index in [0.29, 0.717) is 37.6 Å². The van der Waals surface area contributed by atoms with Gasteiger partial charge in [0.2, 0.25) is 11.9 Å². The summed E-state index contributed by atoms with van der Waals surface area (Å²) in [5, 5.41) is 0. The minimum atomic E-state index is -0.452. The number of hydrogen-bond donors (Lipinski definition) is 0. The topological polar surface area (TPSA) is 73.7 Å². The average Bonchev–Trinajstić information content (AvgIpc) is 3.34. The molecule has 1 unspecified atom stereocenters. The third-order valence-corrected chi connectivity index (χ3v) is 6.94. The number of nitrogens with zero attached hydrogens (tertiary/aromatic N) is 3. The standard InChI is InChI=1S/C25H27N3O4/c1-31-14-13-27-21-6-4-3-5-20(21)26-24(27)28-12-11-25(23(28)30)10-9-17-7-8-18(22(29)32-2)15-19(17)16-25/h3-8,15H,9-14,16H2,1-2H3. The highest BCUT2D eigenvalue weighted by Crippen LogP contribution is 2.45. The molecule has 0 bridgehead atoms. The van der Waals surface area contributed by atoms with E-state index < -0.39 is 5.41 Å². The second-order valence-electron chi connectivity index (χ2n) is 8.68. The second kappa shape index (κ2) is 8.06. The maximum absolute atomic E-state index is 13.8. The molecule has 5 rings (SSSR count). The molecular formula is C25H27N3O4. The zero-order valence-electron chi connectivity index (χ0n) is 18.5. The van der Waals surface area contributed by atoms with Crippen molar-refractivity contribution in [1.29, 1.82) is 0 Å². The lowest BCUT2D eigenvalue weighted by Crippen LogP contribution is -2.39. The van der Waals surface area contributed by atoms with Crippen LogP contribution < -0.4 is 4.90 Å². The Balaban J connectivity index is 1.48. The van der Waals surface area contributed by atoms with E-state index in [9.17, 15) is 9.59 Å². The van der Waals surface area contributed by atoms with Gasteiger partial charge in [0.15, 0.2) is 0 Å². The number of esters is 1. The number of hydrogen-bond acceptors (Lipinski definition) is 5. The van der Waals surface area contributed by atoms with Crippen LogP contribution in [-0.2, 0) is 33.7 Å². The third-order valence-electron chi connectivity index (χ3n) is 6.94.